The summed E-state index contributed by atoms with van der Waals surface area (Å²) in [6.45, 7) is 0.504. The van der Waals surface area contributed by atoms with Gasteiger partial charge < -0.3 is 10.0 Å². The highest BCUT2D eigenvalue weighted by atomic mass is 35.5. The van der Waals surface area contributed by atoms with Crippen molar-refractivity contribution in [3.63, 3.8) is 0 Å². The number of hydrogen-bond acceptors (Lipinski definition) is 3. The van der Waals surface area contributed by atoms with E-state index in [0.717, 1.165) is 30.6 Å². The maximum Gasteiger partial charge on any atom is 0.326 e. The van der Waals surface area contributed by atoms with Crippen LogP contribution in [0.15, 0.2) is 6.07 Å². The third kappa shape index (κ3) is 2.22. The smallest absolute Gasteiger partial charge is 0.326 e. The summed E-state index contributed by atoms with van der Waals surface area (Å²) in [4.78, 5) is 25.5. The maximum absolute atomic E-state index is 12.6. The van der Waals surface area contributed by atoms with Crippen LogP contribution in [0.25, 0.3) is 0 Å². The van der Waals surface area contributed by atoms with E-state index in [-0.39, 0.29) is 11.8 Å². The lowest BCUT2D eigenvalue weighted by atomic mass is 9.94. The van der Waals surface area contributed by atoms with Crippen molar-refractivity contribution in [1.29, 1.82) is 0 Å². The SMILES string of the molecule is O=C(O)C1C2CCCC2CN1C(=O)c1cc(Cl)sc1Cl. The second-order valence-electron chi connectivity index (χ2n) is 5.33. The second-order valence-corrected chi connectivity index (χ2v) is 7.62. The van der Waals surface area contributed by atoms with Crippen LogP contribution < -0.4 is 0 Å². The minimum absolute atomic E-state index is 0.0735. The molecule has 1 aromatic heterocycles. The van der Waals surface area contributed by atoms with E-state index in [2.05, 4.69) is 0 Å². The summed E-state index contributed by atoms with van der Waals surface area (Å²) in [5.41, 5.74) is 0.313. The van der Waals surface area contributed by atoms with E-state index in [1.54, 1.807) is 0 Å². The number of hydrogen-bond donors (Lipinski definition) is 1. The number of carboxylic acid groups (broad SMARTS) is 1. The fraction of sp³-hybridized carbons (Fsp3) is 0.538. The van der Waals surface area contributed by atoms with E-state index in [4.69, 9.17) is 23.2 Å². The van der Waals surface area contributed by atoms with Gasteiger partial charge in [-0.2, -0.15) is 0 Å². The number of aliphatic carboxylic acids is 1. The van der Waals surface area contributed by atoms with E-state index in [1.165, 1.54) is 11.0 Å². The van der Waals surface area contributed by atoms with E-state index >= 15 is 0 Å². The molecule has 3 rings (SSSR count). The molecule has 108 valence electrons. The minimum atomic E-state index is -0.926. The highest BCUT2D eigenvalue weighted by molar-refractivity contribution is 7.20. The zero-order valence-corrected chi connectivity index (χ0v) is 12.8. The van der Waals surface area contributed by atoms with Crippen molar-refractivity contribution in [2.24, 2.45) is 11.8 Å². The molecule has 2 heterocycles. The molecule has 1 amide bonds. The van der Waals surface area contributed by atoms with Crippen molar-refractivity contribution < 1.29 is 14.7 Å². The fourth-order valence-corrected chi connectivity index (χ4v) is 4.92. The van der Waals surface area contributed by atoms with Gasteiger partial charge in [0.1, 0.15) is 10.4 Å². The Morgan fingerprint density at radius 2 is 2.10 bits per heavy atom. The van der Waals surface area contributed by atoms with Crippen molar-refractivity contribution in [2.45, 2.75) is 25.3 Å². The molecule has 1 aliphatic heterocycles. The summed E-state index contributed by atoms with van der Waals surface area (Å²) in [6, 6.07) is 0.786. The standard InChI is InChI=1S/C13H13Cl2NO3S/c14-9-4-8(11(15)20-9)12(17)16-5-6-2-1-3-7(6)10(16)13(18)19/h4,6-7,10H,1-3,5H2,(H,18,19). The Balaban J connectivity index is 1.91. The van der Waals surface area contributed by atoms with Gasteiger partial charge >= 0.3 is 5.97 Å². The zero-order chi connectivity index (χ0) is 14.4. The Labute approximate surface area is 130 Å². The third-order valence-electron chi connectivity index (χ3n) is 4.29. The van der Waals surface area contributed by atoms with Gasteiger partial charge in [0.15, 0.2) is 0 Å². The van der Waals surface area contributed by atoms with E-state index < -0.39 is 12.0 Å². The number of nitrogens with zero attached hydrogens (tertiary/aromatic N) is 1. The van der Waals surface area contributed by atoms with Crippen LogP contribution in [0.1, 0.15) is 29.6 Å². The molecule has 3 unspecified atom stereocenters. The molecule has 1 saturated carbocycles. The van der Waals surface area contributed by atoms with Gasteiger partial charge in [0.05, 0.1) is 9.90 Å². The number of carbonyl (C=O) groups is 2. The van der Waals surface area contributed by atoms with Gasteiger partial charge in [0, 0.05) is 6.54 Å². The van der Waals surface area contributed by atoms with Crippen LogP contribution in [-0.2, 0) is 4.79 Å². The van der Waals surface area contributed by atoms with Crippen LogP contribution in [0.3, 0.4) is 0 Å². The van der Waals surface area contributed by atoms with Crippen LogP contribution >= 0.6 is 34.5 Å². The lowest BCUT2D eigenvalue weighted by Gasteiger charge is -2.24. The van der Waals surface area contributed by atoms with Crippen molar-refractivity contribution >= 4 is 46.4 Å². The molecule has 0 bridgehead atoms. The first kappa shape index (κ1) is 14.2. The molecular formula is C13H13Cl2NO3S. The molecule has 0 spiro atoms. The topological polar surface area (TPSA) is 57.6 Å². The molecule has 1 N–H and O–H groups in total. The number of likely N-dealkylation sites (tertiary alicyclic amines) is 1. The highest BCUT2D eigenvalue weighted by Crippen LogP contribution is 2.43. The summed E-state index contributed by atoms with van der Waals surface area (Å²) in [6.07, 6.45) is 2.92. The van der Waals surface area contributed by atoms with Gasteiger partial charge in [-0.1, -0.05) is 29.6 Å². The third-order valence-corrected chi connectivity index (χ3v) is 5.78. The summed E-state index contributed by atoms with van der Waals surface area (Å²) in [5, 5.41) is 9.45. The molecule has 1 aliphatic carbocycles. The lowest BCUT2D eigenvalue weighted by molar-refractivity contribution is -0.142. The molecule has 2 aliphatic rings. The van der Waals surface area contributed by atoms with E-state index in [0.29, 0.717) is 26.7 Å². The molecular weight excluding hydrogens is 321 g/mol. The second kappa shape index (κ2) is 5.20. The first-order chi connectivity index (χ1) is 9.49. The number of fused-ring (bicyclic) bond motifs is 1. The van der Waals surface area contributed by atoms with E-state index in [9.17, 15) is 14.7 Å². The molecule has 20 heavy (non-hydrogen) atoms. The Morgan fingerprint density at radius 3 is 2.70 bits per heavy atom. The summed E-state index contributed by atoms with van der Waals surface area (Å²) in [7, 11) is 0. The number of halogens is 2. The normalized spacial score (nSPS) is 28.7. The monoisotopic (exact) mass is 333 g/mol. The van der Waals surface area contributed by atoms with Crippen LogP contribution in [0, 0.1) is 11.8 Å². The van der Waals surface area contributed by atoms with Gasteiger partial charge in [-0.3, -0.25) is 4.79 Å². The molecule has 3 atom stereocenters. The van der Waals surface area contributed by atoms with Crippen molar-refractivity contribution in [1.82, 2.24) is 4.90 Å². The van der Waals surface area contributed by atoms with Crippen molar-refractivity contribution in [3.05, 3.63) is 20.3 Å². The van der Waals surface area contributed by atoms with Crippen LogP contribution in [0.5, 0.6) is 0 Å². The van der Waals surface area contributed by atoms with Crippen LogP contribution in [-0.4, -0.2) is 34.5 Å². The van der Waals surface area contributed by atoms with Gasteiger partial charge in [-0.05, 0) is 30.7 Å². The maximum atomic E-state index is 12.6. The molecule has 1 saturated heterocycles. The predicted octanol–water partition coefficient (Wildman–Crippen LogP) is 3.38. The molecule has 4 nitrogen and oxygen atoms in total. The first-order valence-corrected chi connectivity index (χ1v) is 8.05. The molecule has 0 aromatic carbocycles. The number of rotatable bonds is 2. The van der Waals surface area contributed by atoms with Gasteiger partial charge in [-0.25, -0.2) is 4.79 Å². The van der Waals surface area contributed by atoms with Gasteiger partial charge in [0.25, 0.3) is 5.91 Å². The average molecular weight is 334 g/mol. The molecule has 7 heteroatoms. The molecule has 1 aromatic rings. The first-order valence-electron chi connectivity index (χ1n) is 6.47. The fourth-order valence-electron chi connectivity index (χ4n) is 3.47. The van der Waals surface area contributed by atoms with Crippen molar-refractivity contribution in [3.8, 4) is 0 Å². The number of carboxylic acids is 1. The van der Waals surface area contributed by atoms with Gasteiger partial charge in [-0.15, -0.1) is 11.3 Å². The minimum Gasteiger partial charge on any atom is -0.480 e. The Hall–Kier alpha value is -0.780. The Bertz CT molecular complexity index is 574. The van der Waals surface area contributed by atoms with Crippen LogP contribution in [0.2, 0.25) is 8.67 Å². The average Bonchev–Trinajstić information content (AvgIpc) is 3.00. The lowest BCUT2D eigenvalue weighted by Crippen LogP contribution is -2.43. The van der Waals surface area contributed by atoms with Crippen molar-refractivity contribution in [2.75, 3.05) is 6.54 Å². The number of amides is 1. The summed E-state index contributed by atoms with van der Waals surface area (Å²) < 4.78 is 0.755. The van der Waals surface area contributed by atoms with Crippen LogP contribution in [0.4, 0.5) is 0 Å². The Kier molecular flexibility index (Phi) is 3.69. The zero-order valence-electron chi connectivity index (χ0n) is 10.5. The molecule has 0 radical (unpaired) electrons. The number of carbonyl (C=O) groups excluding carboxylic acids is 1. The highest BCUT2D eigenvalue weighted by Gasteiger charge is 2.49. The number of thiophene rings is 1. The summed E-state index contributed by atoms with van der Waals surface area (Å²) >= 11 is 13.0. The predicted molar refractivity (Wildman–Crippen MR) is 77.6 cm³/mol. The summed E-state index contributed by atoms with van der Waals surface area (Å²) in [5.74, 6) is -0.873. The van der Waals surface area contributed by atoms with E-state index in [1.807, 2.05) is 0 Å². The Morgan fingerprint density at radius 1 is 1.35 bits per heavy atom. The largest absolute Gasteiger partial charge is 0.480 e. The quantitative estimate of drug-likeness (QED) is 0.902. The molecule has 2 fully saturated rings. The van der Waals surface area contributed by atoms with Gasteiger partial charge in [0.2, 0.25) is 0 Å².